The Morgan fingerprint density at radius 3 is 2.55 bits per heavy atom. The van der Waals surface area contributed by atoms with Gasteiger partial charge in [-0.3, -0.25) is 4.98 Å². The Balaban J connectivity index is 2.05. The van der Waals surface area contributed by atoms with Crippen LogP contribution in [-0.4, -0.2) is 21.5 Å². The fourth-order valence-electron chi connectivity index (χ4n) is 1.89. The summed E-state index contributed by atoms with van der Waals surface area (Å²) in [5.74, 6) is 2.47. The van der Waals surface area contributed by atoms with Crippen molar-refractivity contribution in [3.05, 3.63) is 41.5 Å². The third-order valence-electron chi connectivity index (χ3n) is 2.99. The molecule has 0 fully saturated rings. The molecule has 0 bridgehead atoms. The molecule has 106 valence electrons. The molecule has 20 heavy (non-hydrogen) atoms. The van der Waals surface area contributed by atoms with E-state index in [1.54, 1.807) is 0 Å². The van der Waals surface area contributed by atoms with Gasteiger partial charge in [-0.2, -0.15) is 0 Å². The summed E-state index contributed by atoms with van der Waals surface area (Å²) in [6, 6.07) is 3.96. The third-order valence-corrected chi connectivity index (χ3v) is 2.99. The summed E-state index contributed by atoms with van der Waals surface area (Å²) >= 11 is 0. The Morgan fingerprint density at radius 1 is 1.10 bits per heavy atom. The smallest absolute Gasteiger partial charge is 0.132 e. The van der Waals surface area contributed by atoms with E-state index >= 15 is 0 Å². The minimum Gasteiger partial charge on any atom is -0.370 e. The molecular formula is C15H21N5. The monoisotopic (exact) mass is 271 g/mol. The molecule has 0 aliphatic heterocycles. The van der Waals surface area contributed by atoms with Crippen molar-refractivity contribution in [1.82, 2.24) is 15.0 Å². The fourth-order valence-corrected chi connectivity index (χ4v) is 1.89. The summed E-state index contributed by atoms with van der Waals surface area (Å²) in [5.41, 5.74) is 2.40. The molecule has 2 N–H and O–H groups in total. The minimum atomic E-state index is 0.734. The van der Waals surface area contributed by atoms with Crippen LogP contribution < -0.4 is 10.6 Å². The molecule has 5 nitrogen and oxygen atoms in total. The summed E-state index contributed by atoms with van der Waals surface area (Å²) in [4.78, 5) is 12.9. The molecule has 2 aromatic rings. The SMILES string of the molecule is CCCNc1cc(NCc2ccncc2C)nc(C)n1. The number of aromatic nitrogens is 3. The lowest BCUT2D eigenvalue weighted by molar-refractivity contribution is 0.950. The van der Waals surface area contributed by atoms with E-state index in [2.05, 4.69) is 39.4 Å². The zero-order valence-electron chi connectivity index (χ0n) is 12.3. The summed E-state index contributed by atoms with van der Waals surface area (Å²) in [6.07, 6.45) is 4.75. The Kier molecular flexibility index (Phi) is 4.87. The predicted molar refractivity (Wildman–Crippen MR) is 81.9 cm³/mol. The Hall–Kier alpha value is -2.17. The van der Waals surface area contributed by atoms with E-state index in [-0.39, 0.29) is 0 Å². The first kappa shape index (κ1) is 14.2. The van der Waals surface area contributed by atoms with Gasteiger partial charge in [0.15, 0.2) is 0 Å². The van der Waals surface area contributed by atoms with Crippen molar-refractivity contribution in [3.63, 3.8) is 0 Å². The van der Waals surface area contributed by atoms with Crippen molar-refractivity contribution >= 4 is 11.6 Å². The molecule has 0 spiro atoms. The van der Waals surface area contributed by atoms with Crippen LogP contribution in [0, 0.1) is 13.8 Å². The molecule has 0 saturated heterocycles. The number of aryl methyl sites for hydroxylation is 2. The summed E-state index contributed by atoms with van der Waals surface area (Å²) < 4.78 is 0. The van der Waals surface area contributed by atoms with Crippen molar-refractivity contribution in [1.29, 1.82) is 0 Å². The largest absolute Gasteiger partial charge is 0.370 e. The molecule has 0 aliphatic carbocycles. The maximum Gasteiger partial charge on any atom is 0.132 e. The quantitative estimate of drug-likeness (QED) is 0.845. The van der Waals surface area contributed by atoms with Crippen molar-refractivity contribution < 1.29 is 0 Å². The predicted octanol–water partition coefficient (Wildman–Crippen LogP) is 2.92. The molecule has 0 aromatic carbocycles. The van der Waals surface area contributed by atoms with Crippen LogP contribution in [0.3, 0.4) is 0 Å². The average Bonchev–Trinajstić information content (AvgIpc) is 2.44. The van der Waals surface area contributed by atoms with Crippen molar-refractivity contribution in [2.24, 2.45) is 0 Å². The maximum atomic E-state index is 4.41. The van der Waals surface area contributed by atoms with Gasteiger partial charge in [0, 0.05) is 31.5 Å². The molecule has 0 aliphatic rings. The van der Waals surface area contributed by atoms with Crippen molar-refractivity contribution in [2.45, 2.75) is 33.7 Å². The van der Waals surface area contributed by atoms with Crippen molar-refractivity contribution in [3.8, 4) is 0 Å². The Bertz CT molecular complexity index is 568. The standard InChI is InChI=1S/C15H21N5/c1-4-6-17-14-8-15(20-12(3)19-14)18-10-13-5-7-16-9-11(13)2/h5,7-9H,4,6,10H2,1-3H3,(H2,17,18,19,20). The number of nitrogens with one attached hydrogen (secondary N) is 2. The maximum absolute atomic E-state index is 4.41. The topological polar surface area (TPSA) is 62.7 Å². The highest BCUT2D eigenvalue weighted by Crippen LogP contribution is 2.13. The highest BCUT2D eigenvalue weighted by Gasteiger charge is 2.02. The van der Waals surface area contributed by atoms with Gasteiger partial charge in [-0.15, -0.1) is 0 Å². The van der Waals surface area contributed by atoms with Gasteiger partial charge in [-0.05, 0) is 37.5 Å². The van der Waals surface area contributed by atoms with Crippen LogP contribution in [0.2, 0.25) is 0 Å². The van der Waals surface area contributed by atoms with E-state index in [9.17, 15) is 0 Å². The van der Waals surface area contributed by atoms with E-state index in [0.29, 0.717) is 0 Å². The van der Waals surface area contributed by atoms with Crippen LogP contribution >= 0.6 is 0 Å². The van der Waals surface area contributed by atoms with Crippen LogP contribution in [0.25, 0.3) is 0 Å². The number of pyridine rings is 1. The van der Waals surface area contributed by atoms with Crippen LogP contribution in [-0.2, 0) is 6.54 Å². The lowest BCUT2D eigenvalue weighted by Gasteiger charge is -2.10. The van der Waals surface area contributed by atoms with E-state index in [1.807, 2.05) is 31.5 Å². The molecule has 0 atom stereocenters. The van der Waals surface area contributed by atoms with Crippen molar-refractivity contribution in [2.75, 3.05) is 17.2 Å². The molecule has 2 rings (SSSR count). The molecular weight excluding hydrogens is 250 g/mol. The lowest BCUT2D eigenvalue weighted by atomic mass is 10.1. The number of anilines is 2. The fraction of sp³-hybridized carbons (Fsp3) is 0.400. The van der Waals surface area contributed by atoms with Crippen LogP contribution in [0.1, 0.15) is 30.3 Å². The molecule has 0 radical (unpaired) electrons. The first-order valence-electron chi connectivity index (χ1n) is 6.92. The first-order valence-corrected chi connectivity index (χ1v) is 6.92. The van der Waals surface area contributed by atoms with Crippen LogP contribution in [0.15, 0.2) is 24.5 Å². The summed E-state index contributed by atoms with van der Waals surface area (Å²) in [5, 5.41) is 6.62. The minimum absolute atomic E-state index is 0.734. The second-order valence-electron chi connectivity index (χ2n) is 4.77. The molecule has 0 saturated carbocycles. The zero-order chi connectivity index (χ0) is 14.4. The van der Waals surface area contributed by atoms with Gasteiger partial charge in [-0.25, -0.2) is 9.97 Å². The van der Waals surface area contributed by atoms with E-state index in [1.165, 1.54) is 11.1 Å². The van der Waals surface area contributed by atoms with Gasteiger partial charge in [0.1, 0.15) is 17.5 Å². The van der Waals surface area contributed by atoms with E-state index < -0.39 is 0 Å². The van der Waals surface area contributed by atoms with E-state index in [4.69, 9.17) is 0 Å². The lowest BCUT2D eigenvalue weighted by Crippen LogP contribution is -2.08. The van der Waals surface area contributed by atoms with Crippen LogP contribution in [0.4, 0.5) is 11.6 Å². The molecule has 5 heteroatoms. The molecule has 2 aromatic heterocycles. The number of hydrogen-bond acceptors (Lipinski definition) is 5. The Labute approximate surface area is 119 Å². The second-order valence-corrected chi connectivity index (χ2v) is 4.77. The zero-order valence-corrected chi connectivity index (χ0v) is 12.3. The number of hydrogen-bond donors (Lipinski definition) is 2. The van der Waals surface area contributed by atoms with Gasteiger partial charge in [0.05, 0.1) is 0 Å². The highest BCUT2D eigenvalue weighted by molar-refractivity contribution is 5.48. The van der Waals surface area contributed by atoms with Gasteiger partial charge < -0.3 is 10.6 Å². The molecule has 0 amide bonds. The van der Waals surface area contributed by atoms with E-state index in [0.717, 1.165) is 37.0 Å². The van der Waals surface area contributed by atoms with Crippen LogP contribution in [0.5, 0.6) is 0 Å². The Morgan fingerprint density at radius 2 is 1.85 bits per heavy atom. The number of rotatable bonds is 6. The van der Waals surface area contributed by atoms with Gasteiger partial charge in [0.25, 0.3) is 0 Å². The first-order chi connectivity index (χ1) is 9.69. The third kappa shape index (κ3) is 3.91. The summed E-state index contributed by atoms with van der Waals surface area (Å²) in [6.45, 7) is 7.74. The normalized spacial score (nSPS) is 10.3. The molecule has 2 heterocycles. The number of nitrogens with zero attached hydrogens (tertiary/aromatic N) is 3. The van der Waals surface area contributed by atoms with Gasteiger partial charge in [0.2, 0.25) is 0 Å². The van der Waals surface area contributed by atoms with Gasteiger partial charge >= 0.3 is 0 Å². The average molecular weight is 271 g/mol. The second kappa shape index (κ2) is 6.84. The highest BCUT2D eigenvalue weighted by atomic mass is 15.1. The molecule has 0 unspecified atom stereocenters. The summed E-state index contributed by atoms with van der Waals surface area (Å²) in [7, 11) is 0. The van der Waals surface area contributed by atoms with Gasteiger partial charge in [-0.1, -0.05) is 6.92 Å².